The first kappa shape index (κ1) is 15.0. The van der Waals surface area contributed by atoms with Crippen LogP contribution in [0.1, 0.15) is 37.7 Å². The van der Waals surface area contributed by atoms with Gasteiger partial charge in [0, 0.05) is 18.0 Å². The molecule has 1 amide bonds. The van der Waals surface area contributed by atoms with Gasteiger partial charge in [-0.3, -0.25) is 9.48 Å². The van der Waals surface area contributed by atoms with Gasteiger partial charge in [0.1, 0.15) is 12.7 Å². The van der Waals surface area contributed by atoms with Crippen LogP contribution in [0, 0.1) is 0 Å². The van der Waals surface area contributed by atoms with Gasteiger partial charge in [-0.25, -0.2) is 4.98 Å². The summed E-state index contributed by atoms with van der Waals surface area (Å²) in [5, 5.41) is 7.97. The molecule has 0 radical (unpaired) electrons. The molecule has 0 saturated heterocycles. The van der Waals surface area contributed by atoms with Gasteiger partial charge in [0.15, 0.2) is 0 Å². The van der Waals surface area contributed by atoms with E-state index in [9.17, 15) is 4.79 Å². The van der Waals surface area contributed by atoms with Crippen LogP contribution in [0.5, 0.6) is 0 Å². The van der Waals surface area contributed by atoms with Crippen LogP contribution in [0.2, 0.25) is 5.02 Å². The maximum absolute atomic E-state index is 12.2. The SMILES string of the molecule is O=C(CCCn1cncn1)NC1(c2ccc(Cl)cc2)CCC1. The molecular formula is C16H19ClN4O. The molecule has 22 heavy (non-hydrogen) atoms. The van der Waals surface area contributed by atoms with E-state index in [2.05, 4.69) is 15.4 Å². The van der Waals surface area contributed by atoms with E-state index in [0.29, 0.717) is 13.0 Å². The highest BCUT2D eigenvalue weighted by atomic mass is 35.5. The van der Waals surface area contributed by atoms with Crippen molar-refractivity contribution in [2.45, 2.75) is 44.2 Å². The minimum Gasteiger partial charge on any atom is -0.347 e. The first-order valence-corrected chi connectivity index (χ1v) is 7.95. The summed E-state index contributed by atoms with van der Waals surface area (Å²) in [4.78, 5) is 16.1. The lowest BCUT2D eigenvalue weighted by Crippen LogP contribution is -2.50. The molecule has 1 aromatic carbocycles. The Kier molecular flexibility index (Phi) is 4.43. The lowest BCUT2D eigenvalue weighted by Gasteiger charge is -2.43. The number of carbonyl (C=O) groups is 1. The number of carbonyl (C=O) groups excluding carboxylic acids is 1. The molecule has 1 aliphatic carbocycles. The third kappa shape index (κ3) is 3.30. The molecule has 0 spiro atoms. The molecule has 1 aromatic heterocycles. The first-order valence-electron chi connectivity index (χ1n) is 7.57. The van der Waals surface area contributed by atoms with Crippen molar-refractivity contribution in [3.63, 3.8) is 0 Å². The Bertz CT molecular complexity index is 620. The van der Waals surface area contributed by atoms with E-state index in [1.807, 2.05) is 24.3 Å². The second kappa shape index (κ2) is 6.48. The van der Waals surface area contributed by atoms with Gasteiger partial charge in [-0.2, -0.15) is 5.10 Å². The standard InChI is InChI=1S/C16H19ClN4O/c17-14-6-4-13(5-7-14)16(8-2-9-16)20-15(22)3-1-10-21-12-18-11-19-21/h4-7,11-12H,1-3,8-10H2,(H,20,22). The first-order chi connectivity index (χ1) is 10.7. The van der Waals surface area contributed by atoms with Crippen molar-refractivity contribution in [3.05, 3.63) is 47.5 Å². The molecule has 3 rings (SSSR count). The number of aromatic nitrogens is 3. The summed E-state index contributed by atoms with van der Waals surface area (Å²) in [5.41, 5.74) is 0.947. The van der Waals surface area contributed by atoms with Gasteiger partial charge in [0.2, 0.25) is 5.91 Å². The average molecular weight is 319 g/mol. The molecule has 0 unspecified atom stereocenters. The fourth-order valence-electron chi connectivity index (χ4n) is 2.86. The summed E-state index contributed by atoms with van der Waals surface area (Å²) >= 11 is 5.95. The van der Waals surface area contributed by atoms with Crippen LogP contribution in [0.3, 0.4) is 0 Å². The Labute approximate surface area is 134 Å². The molecule has 2 aromatic rings. The lowest BCUT2D eigenvalue weighted by molar-refractivity contribution is -0.124. The van der Waals surface area contributed by atoms with E-state index in [-0.39, 0.29) is 11.4 Å². The summed E-state index contributed by atoms with van der Waals surface area (Å²) in [5.74, 6) is 0.0924. The summed E-state index contributed by atoms with van der Waals surface area (Å²) in [6.07, 6.45) is 7.54. The molecule has 1 heterocycles. The third-order valence-corrected chi connectivity index (χ3v) is 4.49. The zero-order chi connectivity index (χ0) is 15.4. The van der Waals surface area contributed by atoms with Crippen molar-refractivity contribution in [3.8, 4) is 0 Å². The molecule has 1 N–H and O–H groups in total. The Hall–Kier alpha value is -1.88. The summed E-state index contributed by atoms with van der Waals surface area (Å²) < 4.78 is 1.74. The van der Waals surface area contributed by atoms with E-state index in [0.717, 1.165) is 36.3 Å². The summed E-state index contributed by atoms with van der Waals surface area (Å²) in [6, 6.07) is 7.79. The highest BCUT2D eigenvalue weighted by molar-refractivity contribution is 6.30. The molecule has 5 nitrogen and oxygen atoms in total. The van der Waals surface area contributed by atoms with E-state index >= 15 is 0 Å². The number of amides is 1. The van der Waals surface area contributed by atoms with Crippen LogP contribution in [0.25, 0.3) is 0 Å². The number of hydrogen-bond donors (Lipinski definition) is 1. The minimum absolute atomic E-state index is 0.0924. The van der Waals surface area contributed by atoms with Crippen molar-refractivity contribution < 1.29 is 4.79 Å². The Morgan fingerprint density at radius 1 is 1.32 bits per heavy atom. The molecule has 1 aliphatic rings. The predicted octanol–water partition coefficient (Wildman–Crippen LogP) is 2.91. The van der Waals surface area contributed by atoms with Gasteiger partial charge in [-0.1, -0.05) is 23.7 Å². The van der Waals surface area contributed by atoms with Gasteiger partial charge in [0.05, 0.1) is 5.54 Å². The fraction of sp³-hybridized carbons (Fsp3) is 0.438. The monoisotopic (exact) mass is 318 g/mol. The van der Waals surface area contributed by atoms with Crippen molar-refractivity contribution in [1.82, 2.24) is 20.1 Å². The highest BCUT2D eigenvalue weighted by Gasteiger charge is 2.39. The number of benzene rings is 1. The van der Waals surface area contributed by atoms with Gasteiger partial charge in [-0.05, 0) is 43.4 Å². The van der Waals surface area contributed by atoms with Gasteiger partial charge in [0.25, 0.3) is 0 Å². The minimum atomic E-state index is -0.199. The van der Waals surface area contributed by atoms with Gasteiger partial charge in [-0.15, -0.1) is 0 Å². The molecule has 0 aliphatic heterocycles. The molecular weight excluding hydrogens is 300 g/mol. The second-order valence-electron chi connectivity index (χ2n) is 5.75. The fourth-order valence-corrected chi connectivity index (χ4v) is 2.99. The van der Waals surface area contributed by atoms with Crippen LogP contribution in [0.4, 0.5) is 0 Å². The highest BCUT2D eigenvalue weighted by Crippen LogP contribution is 2.41. The van der Waals surface area contributed by atoms with E-state index in [1.54, 1.807) is 11.0 Å². The Balaban J connectivity index is 1.55. The molecule has 0 atom stereocenters. The zero-order valence-electron chi connectivity index (χ0n) is 12.3. The average Bonchev–Trinajstić information content (AvgIpc) is 2.97. The van der Waals surface area contributed by atoms with E-state index in [4.69, 9.17) is 11.6 Å². The zero-order valence-corrected chi connectivity index (χ0v) is 13.1. The summed E-state index contributed by atoms with van der Waals surface area (Å²) in [7, 11) is 0. The van der Waals surface area contributed by atoms with Crippen LogP contribution >= 0.6 is 11.6 Å². The lowest BCUT2D eigenvalue weighted by atomic mass is 9.71. The summed E-state index contributed by atoms with van der Waals surface area (Å²) in [6.45, 7) is 0.710. The molecule has 1 saturated carbocycles. The van der Waals surface area contributed by atoms with Crippen LogP contribution in [-0.2, 0) is 16.9 Å². The number of rotatable bonds is 6. The second-order valence-corrected chi connectivity index (χ2v) is 6.19. The molecule has 1 fully saturated rings. The van der Waals surface area contributed by atoms with Crippen molar-refractivity contribution >= 4 is 17.5 Å². The maximum Gasteiger partial charge on any atom is 0.220 e. The van der Waals surface area contributed by atoms with Crippen molar-refractivity contribution in [2.24, 2.45) is 0 Å². The van der Waals surface area contributed by atoms with Crippen LogP contribution in [0.15, 0.2) is 36.9 Å². The Morgan fingerprint density at radius 3 is 2.68 bits per heavy atom. The van der Waals surface area contributed by atoms with Gasteiger partial charge >= 0.3 is 0 Å². The van der Waals surface area contributed by atoms with Crippen LogP contribution in [-0.4, -0.2) is 20.7 Å². The van der Waals surface area contributed by atoms with E-state index < -0.39 is 0 Å². The predicted molar refractivity (Wildman–Crippen MR) is 84.4 cm³/mol. The number of nitrogens with zero attached hydrogens (tertiary/aromatic N) is 3. The normalized spacial score (nSPS) is 16.0. The topological polar surface area (TPSA) is 59.8 Å². The Morgan fingerprint density at radius 2 is 2.09 bits per heavy atom. The molecule has 6 heteroatoms. The van der Waals surface area contributed by atoms with Crippen molar-refractivity contribution in [2.75, 3.05) is 0 Å². The number of hydrogen-bond acceptors (Lipinski definition) is 3. The van der Waals surface area contributed by atoms with Crippen molar-refractivity contribution in [1.29, 1.82) is 0 Å². The largest absolute Gasteiger partial charge is 0.347 e. The number of nitrogens with one attached hydrogen (secondary N) is 1. The van der Waals surface area contributed by atoms with Crippen LogP contribution < -0.4 is 5.32 Å². The molecule has 0 bridgehead atoms. The number of halogens is 1. The smallest absolute Gasteiger partial charge is 0.220 e. The third-order valence-electron chi connectivity index (χ3n) is 4.24. The van der Waals surface area contributed by atoms with E-state index in [1.165, 1.54) is 6.33 Å². The van der Waals surface area contributed by atoms with Gasteiger partial charge < -0.3 is 5.32 Å². The maximum atomic E-state index is 12.2. The molecule has 116 valence electrons. The number of aryl methyl sites for hydroxylation is 1. The quantitative estimate of drug-likeness (QED) is 0.891.